The molecule has 0 aromatic heterocycles. The standard InChI is InChI=1S/C2H2O4.2H3N.2Nb/c3-1(4)2(5)6;;;;/h(H,3,4)(H,5,6);2*1H3;;/p-2. The van der Waals surface area contributed by atoms with Gasteiger partial charge in [0.25, 0.3) is 0 Å². The van der Waals surface area contributed by atoms with Crippen molar-refractivity contribution >= 4 is 11.9 Å². The summed E-state index contributed by atoms with van der Waals surface area (Å²) in [5.41, 5.74) is 0. The quantitative estimate of drug-likeness (QED) is 0.355. The molecule has 6 N–H and O–H groups in total. The molecule has 0 aliphatic heterocycles. The Morgan fingerprint density at radius 2 is 0.900 bits per heavy atom. The minimum atomic E-state index is -2.19. The van der Waals surface area contributed by atoms with E-state index in [0.29, 0.717) is 0 Å². The third-order valence-corrected chi connectivity index (χ3v) is 0.167. The Morgan fingerprint density at radius 1 is 0.800 bits per heavy atom. The minimum absolute atomic E-state index is 0. The second-order valence-electron chi connectivity index (χ2n) is 0.575. The monoisotopic (exact) mass is 308 g/mol. The van der Waals surface area contributed by atoms with Gasteiger partial charge in [-0.2, -0.15) is 0 Å². The SMILES string of the molecule is N.N.O=C([O-])C(=O)[O-].[Nb].[Nb]. The molecule has 2 radical (unpaired) electrons. The number of carbonyl (C=O) groups is 2. The van der Waals surface area contributed by atoms with Crippen molar-refractivity contribution in [2.75, 3.05) is 0 Å². The van der Waals surface area contributed by atoms with Crippen LogP contribution in [0.1, 0.15) is 0 Å². The van der Waals surface area contributed by atoms with Crippen molar-refractivity contribution in [3.8, 4) is 0 Å². The maximum atomic E-state index is 8.93. The average Bonchev–Trinajstić information content (AvgIpc) is 1.36. The van der Waals surface area contributed by atoms with Gasteiger partial charge in [0.15, 0.2) is 0 Å². The fraction of sp³-hybridized carbons (Fsp3) is 0. The smallest absolute Gasteiger partial charge is 0.0870 e. The molecule has 0 bridgehead atoms. The molecule has 0 spiro atoms. The topological polar surface area (TPSA) is 150 Å². The van der Waals surface area contributed by atoms with E-state index in [1.807, 2.05) is 0 Å². The van der Waals surface area contributed by atoms with E-state index in [-0.39, 0.29) is 57.1 Å². The van der Waals surface area contributed by atoms with Crippen molar-refractivity contribution in [2.24, 2.45) is 0 Å². The van der Waals surface area contributed by atoms with Gasteiger partial charge in [0.2, 0.25) is 0 Å². The fourth-order valence-electron chi connectivity index (χ4n) is 0. The number of carboxylic acids is 2. The van der Waals surface area contributed by atoms with E-state index in [2.05, 4.69) is 0 Å². The molecule has 0 atom stereocenters. The van der Waals surface area contributed by atoms with Crippen LogP contribution in [-0.2, 0) is 54.3 Å². The Balaban J connectivity index is -0.0000000208. The van der Waals surface area contributed by atoms with Gasteiger partial charge in [0.1, 0.15) is 0 Å². The van der Waals surface area contributed by atoms with Crippen LogP contribution in [0.15, 0.2) is 0 Å². The maximum Gasteiger partial charge on any atom is 0.0870 e. The van der Waals surface area contributed by atoms with Gasteiger partial charge in [0.05, 0.1) is 11.9 Å². The first-order valence-corrected chi connectivity index (χ1v) is 1.07. The largest absolute Gasteiger partial charge is 0.543 e. The Labute approximate surface area is 88.6 Å². The van der Waals surface area contributed by atoms with Crippen LogP contribution >= 0.6 is 0 Å². The van der Waals surface area contributed by atoms with Crippen LogP contribution in [0, 0.1) is 0 Å². The molecule has 0 rings (SSSR count). The van der Waals surface area contributed by atoms with Crippen molar-refractivity contribution in [3.63, 3.8) is 0 Å². The van der Waals surface area contributed by atoms with E-state index >= 15 is 0 Å². The molecule has 0 heterocycles. The fourth-order valence-corrected chi connectivity index (χ4v) is 0. The van der Waals surface area contributed by atoms with Crippen LogP contribution in [0.5, 0.6) is 0 Å². The summed E-state index contributed by atoms with van der Waals surface area (Å²) in [5, 5.41) is 17.9. The minimum Gasteiger partial charge on any atom is -0.543 e. The first-order valence-electron chi connectivity index (χ1n) is 1.07. The van der Waals surface area contributed by atoms with Gasteiger partial charge < -0.3 is 32.1 Å². The van der Waals surface area contributed by atoms with Crippen molar-refractivity contribution in [3.05, 3.63) is 0 Å². The van der Waals surface area contributed by atoms with Crippen molar-refractivity contribution < 1.29 is 64.6 Å². The van der Waals surface area contributed by atoms with Crippen LogP contribution in [-0.4, -0.2) is 11.9 Å². The summed E-state index contributed by atoms with van der Waals surface area (Å²) in [7, 11) is 0. The molecule has 0 saturated carbocycles. The van der Waals surface area contributed by atoms with Gasteiger partial charge in [-0.3, -0.25) is 0 Å². The zero-order valence-corrected chi connectivity index (χ0v) is 9.34. The van der Waals surface area contributed by atoms with E-state index in [1.165, 1.54) is 0 Å². The molecule has 0 aliphatic rings. The average molecular weight is 308 g/mol. The number of hydrogen-bond acceptors (Lipinski definition) is 6. The third kappa shape index (κ3) is 23.9. The number of carbonyl (C=O) groups excluding carboxylic acids is 2. The van der Waals surface area contributed by atoms with Crippen molar-refractivity contribution in [2.45, 2.75) is 0 Å². The molecule has 0 saturated heterocycles. The van der Waals surface area contributed by atoms with Crippen molar-refractivity contribution in [1.29, 1.82) is 0 Å². The predicted molar refractivity (Wildman–Crippen MR) is 20.1 cm³/mol. The molecule has 0 unspecified atom stereocenters. The van der Waals surface area contributed by atoms with E-state index in [4.69, 9.17) is 19.8 Å². The van der Waals surface area contributed by atoms with Gasteiger partial charge in [-0.15, -0.1) is 0 Å². The summed E-state index contributed by atoms with van der Waals surface area (Å²) >= 11 is 0. The number of carboxylic acid groups (broad SMARTS) is 2. The third-order valence-electron chi connectivity index (χ3n) is 0.167. The number of aliphatic carboxylic acids is 2. The Hall–Kier alpha value is 0.341. The molecular weight excluding hydrogens is 302 g/mol. The zero-order chi connectivity index (χ0) is 5.15. The Morgan fingerprint density at radius 3 is 0.900 bits per heavy atom. The predicted octanol–water partition coefficient (Wildman–Crippen LogP) is -3.19. The Kier molecular flexibility index (Phi) is 51.1. The summed E-state index contributed by atoms with van der Waals surface area (Å²) in [6.45, 7) is 0. The van der Waals surface area contributed by atoms with Crippen LogP contribution in [0.3, 0.4) is 0 Å². The summed E-state index contributed by atoms with van der Waals surface area (Å²) < 4.78 is 0. The van der Waals surface area contributed by atoms with Crippen LogP contribution < -0.4 is 22.5 Å². The number of hydrogen-bond donors (Lipinski definition) is 2. The van der Waals surface area contributed by atoms with Crippen LogP contribution in [0.25, 0.3) is 0 Å². The van der Waals surface area contributed by atoms with E-state index in [0.717, 1.165) is 0 Å². The molecular formula is C2H6N2Nb2O4-2. The van der Waals surface area contributed by atoms with Crippen LogP contribution in [0.2, 0.25) is 0 Å². The zero-order valence-electron chi connectivity index (χ0n) is 4.94. The van der Waals surface area contributed by atoms with E-state index < -0.39 is 11.9 Å². The number of rotatable bonds is 0. The molecule has 0 aromatic carbocycles. The summed E-state index contributed by atoms with van der Waals surface area (Å²) in [6.07, 6.45) is 0. The van der Waals surface area contributed by atoms with Gasteiger partial charge in [-0.1, -0.05) is 0 Å². The Bertz CT molecular complexity index is 85.3. The molecule has 60 valence electrons. The maximum absolute atomic E-state index is 8.93. The molecule has 0 amide bonds. The molecule has 0 fully saturated rings. The molecule has 10 heavy (non-hydrogen) atoms. The second-order valence-corrected chi connectivity index (χ2v) is 0.575. The summed E-state index contributed by atoms with van der Waals surface area (Å²) in [5.74, 6) is -4.37. The summed E-state index contributed by atoms with van der Waals surface area (Å²) in [6, 6.07) is 0. The first-order chi connectivity index (χ1) is 2.64. The van der Waals surface area contributed by atoms with E-state index in [1.54, 1.807) is 0 Å². The normalized spacial score (nSPS) is 4.40. The molecule has 6 nitrogen and oxygen atoms in total. The summed E-state index contributed by atoms with van der Waals surface area (Å²) in [4.78, 5) is 17.9. The van der Waals surface area contributed by atoms with Gasteiger partial charge in [0, 0.05) is 44.8 Å². The van der Waals surface area contributed by atoms with Crippen molar-refractivity contribution in [1.82, 2.24) is 12.3 Å². The van der Waals surface area contributed by atoms with Gasteiger partial charge in [-0.25, -0.2) is 0 Å². The van der Waals surface area contributed by atoms with Gasteiger partial charge >= 0.3 is 0 Å². The van der Waals surface area contributed by atoms with Crippen LogP contribution in [0.4, 0.5) is 0 Å². The molecule has 0 aromatic rings. The second kappa shape index (κ2) is 16.2. The van der Waals surface area contributed by atoms with Gasteiger partial charge in [-0.05, 0) is 0 Å². The molecule has 0 aliphatic carbocycles. The van der Waals surface area contributed by atoms with E-state index in [9.17, 15) is 0 Å². The molecule has 8 heteroatoms. The first kappa shape index (κ1) is 31.6.